The van der Waals surface area contributed by atoms with E-state index in [1.54, 1.807) is 31.5 Å². The smallest absolute Gasteiger partial charge is 0.336 e. The number of carbonyl (C=O) groups excluding carboxylic acids is 1. The number of fused-ring (bicyclic) bond motifs is 1. The molecule has 1 atom stereocenters. The van der Waals surface area contributed by atoms with E-state index in [-0.39, 0.29) is 5.91 Å². The molecule has 0 radical (unpaired) electrons. The Bertz CT molecular complexity index is 1220. The van der Waals surface area contributed by atoms with Crippen molar-refractivity contribution in [3.05, 3.63) is 95.1 Å². The van der Waals surface area contributed by atoms with Crippen LogP contribution in [0.3, 0.4) is 0 Å². The third kappa shape index (κ3) is 4.38. The van der Waals surface area contributed by atoms with Gasteiger partial charge < -0.3 is 14.5 Å². The number of ether oxygens (including phenoxy) is 1. The molecular formula is C24H20N2O4. The van der Waals surface area contributed by atoms with Gasteiger partial charge >= 0.3 is 5.63 Å². The van der Waals surface area contributed by atoms with Gasteiger partial charge in [0.15, 0.2) is 6.10 Å². The number of carbonyl (C=O) groups is 1. The Labute approximate surface area is 173 Å². The molecule has 6 nitrogen and oxygen atoms in total. The largest absolute Gasteiger partial charge is 0.481 e. The first-order valence-electron chi connectivity index (χ1n) is 9.57. The third-order valence-electron chi connectivity index (χ3n) is 4.67. The van der Waals surface area contributed by atoms with Gasteiger partial charge in [0.1, 0.15) is 11.3 Å². The van der Waals surface area contributed by atoms with E-state index in [4.69, 9.17) is 9.15 Å². The predicted octanol–water partition coefficient (Wildman–Crippen LogP) is 3.94. The van der Waals surface area contributed by atoms with Gasteiger partial charge in [0, 0.05) is 36.5 Å². The molecular weight excluding hydrogens is 380 g/mol. The third-order valence-corrected chi connectivity index (χ3v) is 4.67. The summed E-state index contributed by atoms with van der Waals surface area (Å²) in [6.45, 7) is 2.03. The summed E-state index contributed by atoms with van der Waals surface area (Å²) in [5.41, 5.74) is 2.57. The predicted molar refractivity (Wildman–Crippen MR) is 114 cm³/mol. The lowest BCUT2D eigenvalue weighted by Gasteiger charge is -2.15. The van der Waals surface area contributed by atoms with Gasteiger partial charge in [-0.15, -0.1) is 0 Å². The highest BCUT2D eigenvalue weighted by molar-refractivity contribution is 5.93. The molecule has 0 saturated heterocycles. The quantitative estimate of drug-likeness (QED) is 0.496. The fraction of sp³-hybridized carbons (Fsp3) is 0.125. The molecule has 4 aromatic rings. The zero-order chi connectivity index (χ0) is 20.9. The molecule has 2 aromatic carbocycles. The zero-order valence-electron chi connectivity index (χ0n) is 16.4. The van der Waals surface area contributed by atoms with Gasteiger partial charge in [-0.25, -0.2) is 4.79 Å². The zero-order valence-corrected chi connectivity index (χ0v) is 16.4. The van der Waals surface area contributed by atoms with Gasteiger partial charge in [0.25, 0.3) is 5.91 Å². The second-order valence-electron chi connectivity index (χ2n) is 6.84. The van der Waals surface area contributed by atoms with Crippen LogP contribution in [0.25, 0.3) is 22.1 Å². The van der Waals surface area contributed by atoms with E-state index in [1.165, 1.54) is 6.07 Å². The Morgan fingerprint density at radius 2 is 1.93 bits per heavy atom. The van der Waals surface area contributed by atoms with Crippen LogP contribution in [0.15, 0.2) is 88.3 Å². The molecule has 0 fully saturated rings. The molecule has 0 aliphatic heterocycles. The summed E-state index contributed by atoms with van der Waals surface area (Å²) in [6.07, 6.45) is 2.66. The van der Waals surface area contributed by atoms with Gasteiger partial charge in [-0.1, -0.05) is 36.4 Å². The SMILES string of the molecule is C[C@@H](Oc1ccc2c(-c3ccccc3)cc(=O)oc2c1)C(=O)NCc1cccnc1. The summed E-state index contributed by atoms with van der Waals surface area (Å²) in [4.78, 5) is 28.4. The lowest BCUT2D eigenvalue weighted by atomic mass is 10.0. The maximum atomic E-state index is 12.3. The van der Waals surface area contributed by atoms with E-state index in [1.807, 2.05) is 48.5 Å². The van der Waals surface area contributed by atoms with Crippen molar-refractivity contribution < 1.29 is 13.9 Å². The molecule has 0 spiro atoms. The van der Waals surface area contributed by atoms with Gasteiger partial charge in [0.05, 0.1) is 0 Å². The van der Waals surface area contributed by atoms with Crippen LogP contribution in [0, 0.1) is 0 Å². The van der Waals surface area contributed by atoms with E-state index >= 15 is 0 Å². The maximum absolute atomic E-state index is 12.3. The molecule has 0 bridgehead atoms. The number of benzene rings is 2. The van der Waals surface area contributed by atoms with E-state index < -0.39 is 11.7 Å². The Morgan fingerprint density at radius 1 is 1.10 bits per heavy atom. The van der Waals surface area contributed by atoms with Crippen molar-refractivity contribution in [3.8, 4) is 16.9 Å². The molecule has 1 N–H and O–H groups in total. The molecule has 150 valence electrons. The van der Waals surface area contributed by atoms with Crippen LogP contribution in [0.1, 0.15) is 12.5 Å². The van der Waals surface area contributed by atoms with Crippen molar-refractivity contribution in [2.45, 2.75) is 19.6 Å². The molecule has 2 aromatic heterocycles. The molecule has 0 aliphatic carbocycles. The van der Waals surface area contributed by atoms with Crippen LogP contribution in [0.5, 0.6) is 5.75 Å². The summed E-state index contributed by atoms with van der Waals surface area (Å²) in [6, 6.07) is 20.0. The minimum Gasteiger partial charge on any atom is -0.481 e. The summed E-state index contributed by atoms with van der Waals surface area (Å²) in [5.74, 6) is 0.193. The Balaban J connectivity index is 1.52. The average Bonchev–Trinajstić information content (AvgIpc) is 2.78. The van der Waals surface area contributed by atoms with Crippen LogP contribution in [0.2, 0.25) is 0 Å². The number of aromatic nitrogens is 1. The second kappa shape index (κ2) is 8.61. The number of nitrogens with one attached hydrogen (secondary N) is 1. The Kier molecular flexibility index (Phi) is 5.57. The van der Waals surface area contributed by atoms with E-state index in [0.717, 1.165) is 22.1 Å². The molecule has 30 heavy (non-hydrogen) atoms. The van der Waals surface area contributed by atoms with Crippen molar-refractivity contribution in [1.82, 2.24) is 10.3 Å². The van der Waals surface area contributed by atoms with Gasteiger partial charge in [-0.2, -0.15) is 0 Å². The lowest BCUT2D eigenvalue weighted by molar-refractivity contribution is -0.127. The number of hydrogen-bond donors (Lipinski definition) is 1. The molecule has 4 rings (SSSR count). The number of amides is 1. The molecule has 0 aliphatic rings. The number of pyridine rings is 1. The Morgan fingerprint density at radius 3 is 2.70 bits per heavy atom. The first-order chi connectivity index (χ1) is 14.6. The van der Waals surface area contributed by atoms with Crippen LogP contribution in [0.4, 0.5) is 0 Å². The highest BCUT2D eigenvalue weighted by Gasteiger charge is 2.16. The number of nitrogens with zero attached hydrogens (tertiary/aromatic N) is 1. The van der Waals surface area contributed by atoms with E-state index in [2.05, 4.69) is 10.3 Å². The fourth-order valence-corrected chi connectivity index (χ4v) is 3.17. The van der Waals surface area contributed by atoms with Crippen molar-refractivity contribution >= 4 is 16.9 Å². The van der Waals surface area contributed by atoms with Crippen LogP contribution in [-0.4, -0.2) is 17.0 Å². The van der Waals surface area contributed by atoms with Crippen LogP contribution >= 0.6 is 0 Å². The minimum absolute atomic E-state index is 0.251. The second-order valence-corrected chi connectivity index (χ2v) is 6.84. The van der Waals surface area contributed by atoms with Crippen LogP contribution < -0.4 is 15.7 Å². The monoisotopic (exact) mass is 400 g/mol. The standard InChI is InChI=1S/C24H20N2O4/c1-16(24(28)26-15-17-6-5-11-25-14-17)29-19-9-10-20-21(18-7-3-2-4-8-18)13-23(27)30-22(20)12-19/h2-14,16H,15H2,1H3,(H,26,28)/t16-/m1/s1. The molecule has 0 saturated carbocycles. The summed E-state index contributed by atoms with van der Waals surface area (Å²) in [7, 11) is 0. The van der Waals surface area contributed by atoms with Crippen LogP contribution in [-0.2, 0) is 11.3 Å². The minimum atomic E-state index is -0.719. The van der Waals surface area contributed by atoms with Crippen molar-refractivity contribution in [2.75, 3.05) is 0 Å². The summed E-state index contributed by atoms with van der Waals surface area (Å²) >= 11 is 0. The number of rotatable bonds is 6. The van der Waals surface area contributed by atoms with E-state index in [9.17, 15) is 9.59 Å². The lowest BCUT2D eigenvalue weighted by Crippen LogP contribution is -2.35. The first kappa shape index (κ1) is 19.4. The molecule has 6 heteroatoms. The first-order valence-corrected chi connectivity index (χ1v) is 9.57. The Hall–Kier alpha value is -3.93. The van der Waals surface area contributed by atoms with Gasteiger partial charge in [-0.3, -0.25) is 9.78 Å². The molecule has 2 heterocycles. The van der Waals surface area contributed by atoms with Crippen molar-refractivity contribution in [1.29, 1.82) is 0 Å². The summed E-state index contributed by atoms with van der Waals surface area (Å²) < 4.78 is 11.1. The van der Waals surface area contributed by atoms with Gasteiger partial charge in [0.2, 0.25) is 0 Å². The topological polar surface area (TPSA) is 81.4 Å². The van der Waals surface area contributed by atoms with Crippen molar-refractivity contribution in [2.24, 2.45) is 0 Å². The fourth-order valence-electron chi connectivity index (χ4n) is 3.17. The van der Waals surface area contributed by atoms with Crippen molar-refractivity contribution in [3.63, 3.8) is 0 Å². The number of hydrogen-bond acceptors (Lipinski definition) is 5. The van der Waals surface area contributed by atoms with Gasteiger partial charge in [-0.05, 0) is 41.8 Å². The van der Waals surface area contributed by atoms with E-state index in [0.29, 0.717) is 17.9 Å². The highest BCUT2D eigenvalue weighted by atomic mass is 16.5. The molecule has 0 unspecified atom stereocenters. The normalized spacial score (nSPS) is 11.8. The highest BCUT2D eigenvalue weighted by Crippen LogP contribution is 2.29. The summed E-state index contributed by atoms with van der Waals surface area (Å²) in [5, 5.41) is 3.61. The average molecular weight is 400 g/mol. The molecule has 1 amide bonds. The maximum Gasteiger partial charge on any atom is 0.336 e.